The molecule has 2 N–H and O–H groups in total. The Morgan fingerprint density at radius 1 is 1.32 bits per heavy atom. The van der Waals surface area contributed by atoms with Crippen LogP contribution in [0.25, 0.3) is 21.8 Å². The summed E-state index contributed by atoms with van der Waals surface area (Å²) in [5, 5.41) is 14.9. The van der Waals surface area contributed by atoms with Gasteiger partial charge in [0.2, 0.25) is 0 Å². The van der Waals surface area contributed by atoms with E-state index in [0.29, 0.717) is 28.6 Å². The van der Waals surface area contributed by atoms with Crippen molar-refractivity contribution < 1.29 is 9.52 Å². The zero-order valence-electron chi connectivity index (χ0n) is 9.76. The molecule has 0 saturated carbocycles. The number of aliphatic hydroxyl groups excluding tert-OH is 1. The second-order valence-corrected chi connectivity index (χ2v) is 5.47. The van der Waals surface area contributed by atoms with E-state index >= 15 is 0 Å². The van der Waals surface area contributed by atoms with Gasteiger partial charge in [-0.2, -0.15) is 0 Å². The molecule has 19 heavy (non-hydrogen) atoms. The van der Waals surface area contributed by atoms with E-state index in [0.717, 1.165) is 10.2 Å². The molecule has 0 fully saturated rings. The Morgan fingerprint density at radius 3 is 2.95 bits per heavy atom. The summed E-state index contributed by atoms with van der Waals surface area (Å²) in [6, 6.07) is 5.58. The Bertz CT molecular complexity index is 710. The van der Waals surface area contributed by atoms with Crippen LogP contribution in [0, 0.1) is 0 Å². The summed E-state index contributed by atoms with van der Waals surface area (Å²) in [5.41, 5.74) is 0. The largest absolute Gasteiger partial charge is 0.446 e. The van der Waals surface area contributed by atoms with Crippen LogP contribution in [-0.2, 0) is 0 Å². The van der Waals surface area contributed by atoms with Crippen molar-refractivity contribution in [2.75, 3.05) is 18.5 Å². The summed E-state index contributed by atoms with van der Waals surface area (Å²) < 4.78 is 6.11. The summed E-state index contributed by atoms with van der Waals surface area (Å²) in [6.45, 7) is 0.501. The lowest BCUT2D eigenvalue weighted by Crippen LogP contribution is -2.08. The van der Waals surface area contributed by atoms with Crippen molar-refractivity contribution in [3.8, 4) is 11.6 Å². The van der Waals surface area contributed by atoms with E-state index in [4.69, 9.17) is 9.52 Å². The van der Waals surface area contributed by atoms with Gasteiger partial charge in [-0.15, -0.1) is 11.3 Å². The first kappa shape index (κ1) is 12.6. The zero-order valence-corrected chi connectivity index (χ0v) is 12.2. The lowest BCUT2D eigenvalue weighted by Gasteiger charge is -2.06. The minimum Gasteiger partial charge on any atom is -0.446 e. The predicted molar refractivity (Wildman–Crippen MR) is 78.4 cm³/mol. The highest BCUT2D eigenvalue weighted by Gasteiger charge is 2.12. The Kier molecular flexibility index (Phi) is 3.50. The smallest absolute Gasteiger partial charge is 0.199 e. The average molecular weight is 340 g/mol. The van der Waals surface area contributed by atoms with E-state index in [-0.39, 0.29) is 6.61 Å². The number of rotatable bonds is 4. The van der Waals surface area contributed by atoms with Gasteiger partial charge >= 0.3 is 0 Å². The molecule has 0 bridgehead atoms. The van der Waals surface area contributed by atoms with Gasteiger partial charge in [-0.05, 0) is 39.5 Å². The molecule has 0 saturated heterocycles. The number of hydrogen-bond donors (Lipinski definition) is 2. The summed E-state index contributed by atoms with van der Waals surface area (Å²) in [4.78, 5) is 9.82. The molecular formula is C12H10BrN3O2S. The van der Waals surface area contributed by atoms with Crippen molar-refractivity contribution in [3.05, 3.63) is 28.2 Å². The molecule has 5 nitrogen and oxygen atoms in total. The topological polar surface area (TPSA) is 71.2 Å². The Balaban J connectivity index is 2.10. The van der Waals surface area contributed by atoms with Crippen molar-refractivity contribution in [1.82, 2.24) is 9.97 Å². The van der Waals surface area contributed by atoms with E-state index in [1.165, 1.54) is 0 Å². The third-order valence-electron chi connectivity index (χ3n) is 2.52. The lowest BCUT2D eigenvalue weighted by molar-refractivity contribution is 0.311. The summed E-state index contributed by atoms with van der Waals surface area (Å²) >= 11 is 4.81. The molecule has 0 aliphatic rings. The van der Waals surface area contributed by atoms with Gasteiger partial charge in [0.15, 0.2) is 16.3 Å². The standard InChI is InChI=1S/C12H10BrN3O2S/c13-9-2-1-8(18-9)11-15-10(14-4-5-17)7-3-6-19-12(7)16-11/h1-3,6,17H,4-5H2,(H,14,15,16). The molecule has 3 aromatic heterocycles. The molecule has 0 aliphatic heterocycles. The highest BCUT2D eigenvalue weighted by Crippen LogP contribution is 2.29. The van der Waals surface area contributed by atoms with Crippen LogP contribution in [0.3, 0.4) is 0 Å². The molecule has 98 valence electrons. The van der Waals surface area contributed by atoms with Crippen molar-refractivity contribution in [1.29, 1.82) is 0 Å². The minimum atomic E-state index is 0.0528. The van der Waals surface area contributed by atoms with Crippen molar-refractivity contribution in [3.63, 3.8) is 0 Å². The second kappa shape index (κ2) is 5.28. The van der Waals surface area contributed by atoms with Gasteiger partial charge in [0.1, 0.15) is 10.6 Å². The van der Waals surface area contributed by atoms with Gasteiger partial charge < -0.3 is 14.8 Å². The van der Waals surface area contributed by atoms with Crippen LogP contribution >= 0.6 is 27.3 Å². The van der Waals surface area contributed by atoms with Crippen LogP contribution < -0.4 is 5.32 Å². The molecule has 0 aromatic carbocycles. The van der Waals surface area contributed by atoms with Gasteiger partial charge in [-0.3, -0.25) is 0 Å². The Hall–Kier alpha value is -1.44. The van der Waals surface area contributed by atoms with Gasteiger partial charge in [-0.25, -0.2) is 9.97 Å². The molecule has 3 rings (SSSR count). The van der Waals surface area contributed by atoms with E-state index in [2.05, 4.69) is 31.2 Å². The van der Waals surface area contributed by atoms with Crippen molar-refractivity contribution in [2.24, 2.45) is 0 Å². The third kappa shape index (κ3) is 2.49. The minimum absolute atomic E-state index is 0.0528. The number of thiophene rings is 1. The number of nitrogens with one attached hydrogen (secondary N) is 1. The quantitative estimate of drug-likeness (QED) is 0.764. The van der Waals surface area contributed by atoms with Crippen molar-refractivity contribution in [2.45, 2.75) is 0 Å². The number of aromatic nitrogens is 2. The van der Waals surface area contributed by atoms with Gasteiger partial charge in [0.05, 0.1) is 12.0 Å². The molecule has 0 unspecified atom stereocenters. The van der Waals surface area contributed by atoms with E-state index < -0.39 is 0 Å². The number of aliphatic hydroxyl groups is 1. The van der Waals surface area contributed by atoms with Gasteiger partial charge in [0, 0.05) is 6.54 Å². The third-order valence-corrected chi connectivity index (χ3v) is 3.76. The van der Waals surface area contributed by atoms with Crippen molar-refractivity contribution >= 4 is 43.3 Å². The summed E-state index contributed by atoms with van der Waals surface area (Å²) in [5.74, 6) is 1.85. The van der Waals surface area contributed by atoms with E-state index in [1.54, 1.807) is 17.4 Å². The molecule has 3 aromatic rings. The van der Waals surface area contributed by atoms with Crippen LogP contribution in [0.5, 0.6) is 0 Å². The molecule has 3 heterocycles. The van der Waals surface area contributed by atoms with E-state index in [9.17, 15) is 0 Å². The lowest BCUT2D eigenvalue weighted by atomic mass is 10.3. The fourth-order valence-corrected chi connectivity index (χ4v) is 2.78. The number of halogens is 1. The fourth-order valence-electron chi connectivity index (χ4n) is 1.71. The SMILES string of the molecule is OCCNc1nc(-c2ccc(Br)o2)nc2sccc12. The normalized spacial score (nSPS) is 11.1. The van der Waals surface area contributed by atoms with Gasteiger partial charge in [0.25, 0.3) is 0 Å². The fraction of sp³-hybridized carbons (Fsp3) is 0.167. The number of anilines is 1. The maximum Gasteiger partial charge on any atom is 0.199 e. The molecular weight excluding hydrogens is 330 g/mol. The number of hydrogen-bond acceptors (Lipinski definition) is 6. The molecule has 0 radical (unpaired) electrons. The monoisotopic (exact) mass is 339 g/mol. The predicted octanol–water partition coefficient (Wildman–Crippen LogP) is 3.12. The van der Waals surface area contributed by atoms with Crippen LogP contribution in [0.1, 0.15) is 0 Å². The Morgan fingerprint density at radius 2 is 2.21 bits per heavy atom. The molecule has 0 aliphatic carbocycles. The first-order valence-electron chi connectivity index (χ1n) is 5.63. The highest BCUT2D eigenvalue weighted by molar-refractivity contribution is 9.10. The zero-order chi connectivity index (χ0) is 13.2. The van der Waals surface area contributed by atoms with Crippen LogP contribution in [0.15, 0.2) is 32.7 Å². The maximum absolute atomic E-state index is 8.91. The molecule has 0 amide bonds. The highest BCUT2D eigenvalue weighted by atomic mass is 79.9. The number of fused-ring (bicyclic) bond motifs is 1. The molecule has 0 spiro atoms. The summed E-state index contributed by atoms with van der Waals surface area (Å²) in [6.07, 6.45) is 0. The average Bonchev–Trinajstić information content (AvgIpc) is 3.03. The molecule has 7 heteroatoms. The maximum atomic E-state index is 8.91. The number of nitrogens with zero attached hydrogens (tertiary/aromatic N) is 2. The Labute approximate surface area is 121 Å². The van der Waals surface area contributed by atoms with Crippen LogP contribution in [0.4, 0.5) is 5.82 Å². The summed E-state index contributed by atoms with van der Waals surface area (Å²) in [7, 11) is 0. The first-order valence-corrected chi connectivity index (χ1v) is 7.31. The van der Waals surface area contributed by atoms with Crippen LogP contribution in [-0.4, -0.2) is 28.2 Å². The molecule has 0 atom stereocenters. The van der Waals surface area contributed by atoms with Crippen LogP contribution in [0.2, 0.25) is 0 Å². The van der Waals surface area contributed by atoms with Gasteiger partial charge in [-0.1, -0.05) is 0 Å². The second-order valence-electron chi connectivity index (χ2n) is 3.79. The number of furan rings is 1. The first-order chi connectivity index (χ1) is 9.28. The van der Waals surface area contributed by atoms with E-state index in [1.807, 2.05) is 17.5 Å².